The van der Waals surface area contributed by atoms with Gasteiger partial charge in [-0.2, -0.15) is 10.5 Å². The summed E-state index contributed by atoms with van der Waals surface area (Å²) in [6.45, 7) is 15.0. The summed E-state index contributed by atoms with van der Waals surface area (Å²) in [4.78, 5) is 0. The molecule has 0 bridgehead atoms. The van der Waals surface area contributed by atoms with E-state index in [0.717, 1.165) is 59.8 Å². The van der Waals surface area contributed by atoms with Crippen LogP contribution in [0.25, 0.3) is 0 Å². The molecule has 1 aromatic carbocycles. The van der Waals surface area contributed by atoms with E-state index in [1.807, 2.05) is 6.07 Å². The molecule has 38 heavy (non-hydrogen) atoms. The lowest BCUT2D eigenvalue weighted by atomic mass is 9.44. The van der Waals surface area contributed by atoms with Crippen LogP contribution in [-0.2, 0) is 12.8 Å². The van der Waals surface area contributed by atoms with Gasteiger partial charge in [0.2, 0.25) is 0 Å². The molecule has 3 fully saturated rings. The number of nitrogens with two attached hydrogens (primary N) is 1. The molecule has 0 heterocycles. The van der Waals surface area contributed by atoms with Crippen LogP contribution in [0.15, 0.2) is 6.07 Å². The van der Waals surface area contributed by atoms with E-state index in [1.165, 1.54) is 63.4 Å². The number of hydrogen-bond donors (Lipinski definition) is 1. The van der Waals surface area contributed by atoms with Crippen molar-refractivity contribution in [2.24, 2.45) is 58.2 Å². The Morgan fingerprint density at radius 2 is 1.71 bits per heavy atom. The first-order chi connectivity index (χ1) is 18.1. The lowest BCUT2D eigenvalue weighted by Crippen LogP contribution is -2.54. The number of nitriles is 2. The van der Waals surface area contributed by atoms with E-state index in [9.17, 15) is 10.5 Å². The normalized spacial score (nSPS) is 37.2. The molecular weight excluding hydrogens is 462 g/mol. The summed E-state index contributed by atoms with van der Waals surface area (Å²) in [5.41, 5.74) is 10.9. The molecule has 0 aromatic heterocycles. The van der Waals surface area contributed by atoms with Gasteiger partial charge in [0.05, 0.1) is 16.8 Å². The van der Waals surface area contributed by atoms with Gasteiger partial charge in [-0.15, -0.1) is 0 Å². The van der Waals surface area contributed by atoms with Crippen LogP contribution in [-0.4, -0.2) is 0 Å². The van der Waals surface area contributed by atoms with Crippen molar-refractivity contribution >= 4 is 5.69 Å². The molecule has 3 heteroatoms. The Kier molecular flexibility index (Phi) is 7.39. The average Bonchev–Trinajstić information content (AvgIpc) is 3.24. The van der Waals surface area contributed by atoms with E-state index in [-0.39, 0.29) is 5.41 Å². The zero-order valence-electron chi connectivity index (χ0n) is 24.9. The van der Waals surface area contributed by atoms with Crippen LogP contribution in [0.5, 0.6) is 0 Å². The van der Waals surface area contributed by atoms with Crippen LogP contribution in [0.2, 0.25) is 0 Å². The van der Waals surface area contributed by atoms with Crippen molar-refractivity contribution in [3.63, 3.8) is 0 Å². The second-order valence-corrected chi connectivity index (χ2v) is 14.8. The first-order valence-corrected chi connectivity index (χ1v) is 15.8. The molecular formula is C35H51N3. The Morgan fingerprint density at radius 1 is 0.974 bits per heavy atom. The smallest absolute Gasteiger partial charge is 0.102 e. The van der Waals surface area contributed by atoms with Crippen LogP contribution in [0.3, 0.4) is 0 Å². The van der Waals surface area contributed by atoms with Crippen molar-refractivity contribution in [2.45, 2.75) is 112 Å². The summed E-state index contributed by atoms with van der Waals surface area (Å²) < 4.78 is 0. The Morgan fingerprint density at radius 3 is 2.37 bits per heavy atom. The third kappa shape index (κ3) is 4.19. The van der Waals surface area contributed by atoms with Gasteiger partial charge in [-0.1, -0.05) is 54.4 Å². The summed E-state index contributed by atoms with van der Waals surface area (Å²) in [7, 11) is 0. The maximum Gasteiger partial charge on any atom is 0.102 e. The zero-order valence-corrected chi connectivity index (χ0v) is 24.9. The van der Waals surface area contributed by atoms with E-state index in [2.05, 4.69) is 53.7 Å². The minimum absolute atomic E-state index is 0.266. The quantitative estimate of drug-likeness (QED) is 0.387. The lowest BCUT2D eigenvalue weighted by Gasteiger charge is -2.61. The molecule has 4 aliphatic carbocycles. The fourth-order valence-electron chi connectivity index (χ4n) is 10.9. The van der Waals surface area contributed by atoms with Crippen LogP contribution >= 0.6 is 0 Å². The molecule has 0 radical (unpaired) electrons. The molecule has 206 valence electrons. The first kappa shape index (κ1) is 27.6. The van der Waals surface area contributed by atoms with Gasteiger partial charge in [0.25, 0.3) is 0 Å². The second-order valence-electron chi connectivity index (χ2n) is 14.8. The SMILES string of the molecule is CC[C@H](CC[C@@H](C)[C@H]1CC[C@H]2[C@@H]3CC[C@H]4Cc5c(cc(C#N)c(N)c5C#N)C[C@]4(C)[C@H]3CC[C@]12C)C(C)C. The Labute approximate surface area is 232 Å². The van der Waals surface area contributed by atoms with Gasteiger partial charge in [0, 0.05) is 0 Å². The highest BCUT2D eigenvalue weighted by Crippen LogP contribution is 2.68. The maximum atomic E-state index is 9.91. The lowest BCUT2D eigenvalue weighted by molar-refractivity contribution is -0.103. The van der Waals surface area contributed by atoms with Gasteiger partial charge in [-0.25, -0.2) is 0 Å². The highest BCUT2D eigenvalue weighted by Gasteiger charge is 2.60. The molecule has 0 amide bonds. The van der Waals surface area contributed by atoms with Crippen molar-refractivity contribution in [3.05, 3.63) is 28.3 Å². The summed E-state index contributed by atoms with van der Waals surface area (Å²) >= 11 is 0. The summed E-state index contributed by atoms with van der Waals surface area (Å²) in [5, 5.41) is 19.6. The fourth-order valence-corrected chi connectivity index (χ4v) is 10.9. The molecule has 4 aliphatic rings. The largest absolute Gasteiger partial charge is 0.397 e. The standard InChI is InChI=1S/C35H51N3/c1-7-23(21(2)3)9-8-22(4)30-12-13-31-27-11-10-26-17-28-24(16-25(19-36)33(38)29(28)20-37)18-35(26,6)32(27)14-15-34(30,31)5/h16,21-23,26-27,30-32H,7-15,17-18,38H2,1-6H3/t22-,23-,26+,27+,30-,31+,32+,34-,35+/m1/s1. The van der Waals surface area contributed by atoms with Crippen molar-refractivity contribution in [2.75, 3.05) is 5.73 Å². The Bertz CT molecular complexity index is 1140. The van der Waals surface area contributed by atoms with Crippen molar-refractivity contribution in [1.82, 2.24) is 0 Å². The molecule has 0 aliphatic heterocycles. The number of nitrogens with zero attached hydrogens (tertiary/aromatic N) is 2. The molecule has 0 unspecified atom stereocenters. The summed E-state index contributed by atoms with van der Waals surface area (Å²) in [6, 6.07) is 6.65. The predicted octanol–water partition coefficient (Wildman–Crippen LogP) is 8.68. The zero-order chi connectivity index (χ0) is 27.4. The molecule has 1 aromatic rings. The minimum Gasteiger partial charge on any atom is -0.397 e. The minimum atomic E-state index is 0.266. The molecule has 0 saturated heterocycles. The number of hydrogen-bond acceptors (Lipinski definition) is 3. The van der Waals surface area contributed by atoms with Crippen LogP contribution < -0.4 is 5.73 Å². The highest BCUT2D eigenvalue weighted by molar-refractivity contribution is 5.69. The van der Waals surface area contributed by atoms with Gasteiger partial charge < -0.3 is 5.73 Å². The number of benzene rings is 1. The first-order valence-electron chi connectivity index (χ1n) is 15.8. The third-order valence-electron chi connectivity index (χ3n) is 13.1. The monoisotopic (exact) mass is 513 g/mol. The third-order valence-corrected chi connectivity index (χ3v) is 13.1. The van der Waals surface area contributed by atoms with Gasteiger partial charge in [-0.05, 0) is 133 Å². The van der Waals surface area contributed by atoms with Gasteiger partial charge in [0.1, 0.15) is 12.1 Å². The van der Waals surface area contributed by atoms with E-state index in [1.54, 1.807) is 0 Å². The molecule has 9 atom stereocenters. The van der Waals surface area contributed by atoms with Crippen LogP contribution in [0.1, 0.15) is 122 Å². The maximum absolute atomic E-state index is 9.91. The van der Waals surface area contributed by atoms with Crippen LogP contribution in [0.4, 0.5) is 5.69 Å². The Hall–Kier alpha value is -2.00. The van der Waals surface area contributed by atoms with Crippen molar-refractivity contribution in [1.29, 1.82) is 10.5 Å². The molecule has 3 saturated carbocycles. The van der Waals surface area contributed by atoms with Gasteiger partial charge in [-0.3, -0.25) is 0 Å². The van der Waals surface area contributed by atoms with Gasteiger partial charge >= 0.3 is 0 Å². The molecule has 2 N–H and O–H groups in total. The van der Waals surface area contributed by atoms with E-state index in [4.69, 9.17) is 5.73 Å². The van der Waals surface area contributed by atoms with E-state index < -0.39 is 0 Å². The van der Waals surface area contributed by atoms with E-state index >= 15 is 0 Å². The molecule has 3 nitrogen and oxygen atoms in total. The van der Waals surface area contributed by atoms with Crippen molar-refractivity contribution in [3.8, 4) is 12.1 Å². The Balaban J connectivity index is 1.37. The number of fused-ring (bicyclic) bond motifs is 6. The number of anilines is 1. The van der Waals surface area contributed by atoms with E-state index in [0.29, 0.717) is 28.1 Å². The second kappa shape index (κ2) is 10.2. The number of nitrogen functional groups attached to an aromatic ring is 1. The average molecular weight is 514 g/mol. The highest BCUT2D eigenvalue weighted by atomic mass is 14.7. The molecule has 0 spiro atoms. The number of rotatable bonds is 6. The summed E-state index contributed by atoms with van der Waals surface area (Å²) in [6.07, 6.45) is 14.3. The topological polar surface area (TPSA) is 73.6 Å². The molecule has 5 rings (SSSR count). The van der Waals surface area contributed by atoms with Crippen LogP contribution in [0, 0.1) is 80.8 Å². The van der Waals surface area contributed by atoms with Gasteiger partial charge in [0.15, 0.2) is 0 Å². The van der Waals surface area contributed by atoms with Crippen molar-refractivity contribution < 1.29 is 0 Å². The summed E-state index contributed by atoms with van der Waals surface area (Å²) in [5.74, 6) is 6.50. The predicted molar refractivity (Wildman–Crippen MR) is 156 cm³/mol. The fraction of sp³-hybridized carbons (Fsp3) is 0.771.